The standard InChI is InChI=1S/C36H37F2N7O2/c1-4-25-28(38)8-7-22-15-24(46)16-26(30(22)25)27-17-29-31(45-14-12-39-33(27)45)32(40-20-35(43(2)3)9-5-10-35)42-34(41-29)47-21-36-11-6-13-44(36)19-23(37)18-36/h1,7-8,12,14-17,23,46H,5-6,9-11,13,18-21H2,2-3H3,(H,40,41,42)/t23-,36+/m1/s1. The van der Waals surface area contributed by atoms with Crippen LogP contribution in [0.25, 0.3) is 38.6 Å². The molecule has 0 bridgehead atoms. The molecule has 3 aliphatic rings. The summed E-state index contributed by atoms with van der Waals surface area (Å²) in [7, 11) is 4.21. The van der Waals surface area contributed by atoms with Crippen molar-refractivity contribution in [1.29, 1.82) is 0 Å². The minimum absolute atomic E-state index is 0.00572. The van der Waals surface area contributed by atoms with Crippen LogP contribution in [0.1, 0.15) is 44.1 Å². The molecule has 5 heterocycles. The first-order valence-electron chi connectivity index (χ1n) is 16.2. The number of rotatable bonds is 8. The second-order valence-electron chi connectivity index (χ2n) is 13.6. The molecule has 2 N–H and O–H groups in total. The highest BCUT2D eigenvalue weighted by molar-refractivity contribution is 6.06. The van der Waals surface area contributed by atoms with Gasteiger partial charge in [0.05, 0.1) is 16.6 Å². The molecule has 11 heteroatoms. The number of terminal acetylenes is 1. The van der Waals surface area contributed by atoms with Gasteiger partial charge in [-0.3, -0.25) is 9.30 Å². The van der Waals surface area contributed by atoms with E-state index in [1.807, 2.05) is 16.7 Å². The number of phenols is 1. The number of nitrogens with zero attached hydrogens (tertiary/aromatic N) is 6. The van der Waals surface area contributed by atoms with Gasteiger partial charge in [0, 0.05) is 48.4 Å². The Labute approximate surface area is 271 Å². The molecule has 2 saturated heterocycles. The average Bonchev–Trinajstić information content (AvgIpc) is 3.73. The molecule has 0 unspecified atom stereocenters. The number of phenolic OH excluding ortho intramolecular Hbond substituents is 1. The third-order valence-electron chi connectivity index (χ3n) is 10.8. The van der Waals surface area contributed by atoms with Gasteiger partial charge >= 0.3 is 6.01 Å². The lowest BCUT2D eigenvalue weighted by Crippen LogP contribution is -2.54. The Hall–Kier alpha value is -4.53. The maximum atomic E-state index is 15.0. The Morgan fingerprint density at radius 3 is 2.77 bits per heavy atom. The summed E-state index contributed by atoms with van der Waals surface area (Å²) in [5.41, 5.74) is 2.74. The molecule has 2 atom stereocenters. The molecule has 1 aliphatic carbocycles. The molecule has 1 saturated carbocycles. The zero-order chi connectivity index (χ0) is 32.5. The van der Waals surface area contributed by atoms with Crippen molar-refractivity contribution in [1.82, 2.24) is 29.2 Å². The van der Waals surface area contributed by atoms with Crippen LogP contribution in [0.3, 0.4) is 0 Å². The topological polar surface area (TPSA) is 91.0 Å². The van der Waals surface area contributed by atoms with E-state index < -0.39 is 12.0 Å². The van der Waals surface area contributed by atoms with E-state index in [2.05, 4.69) is 35.1 Å². The largest absolute Gasteiger partial charge is 0.508 e. The summed E-state index contributed by atoms with van der Waals surface area (Å²) < 4.78 is 37.8. The maximum Gasteiger partial charge on any atom is 0.319 e. The van der Waals surface area contributed by atoms with E-state index in [9.17, 15) is 9.50 Å². The molecule has 2 aliphatic heterocycles. The number of halogens is 2. The highest BCUT2D eigenvalue weighted by Gasteiger charge is 2.49. The number of ether oxygens (including phenoxy) is 1. The zero-order valence-electron chi connectivity index (χ0n) is 26.6. The molecule has 3 aromatic heterocycles. The number of hydrogen-bond donors (Lipinski definition) is 2. The van der Waals surface area contributed by atoms with Crippen molar-refractivity contribution < 1.29 is 18.6 Å². The Bertz CT molecular complexity index is 2090. The number of aromatic nitrogens is 4. The number of benzene rings is 2. The predicted molar refractivity (Wildman–Crippen MR) is 178 cm³/mol. The lowest BCUT2D eigenvalue weighted by molar-refractivity contribution is 0.0738. The molecule has 0 amide bonds. The first-order chi connectivity index (χ1) is 22.7. The number of alkyl halides is 1. The number of pyridine rings is 1. The lowest BCUT2D eigenvalue weighted by Gasteiger charge is -2.47. The van der Waals surface area contributed by atoms with Crippen LogP contribution in [0.5, 0.6) is 11.8 Å². The fraction of sp³-hybridized carbons (Fsp3) is 0.417. The normalized spacial score (nSPS) is 22.2. The Morgan fingerprint density at radius 2 is 2.00 bits per heavy atom. The predicted octanol–water partition coefficient (Wildman–Crippen LogP) is 5.78. The van der Waals surface area contributed by atoms with Gasteiger partial charge < -0.3 is 20.1 Å². The molecule has 5 aromatic rings. The highest BCUT2D eigenvalue weighted by atomic mass is 19.1. The quantitative estimate of drug-likeness (QED) is 0.207. The summed E-state index contributed by atoms with van der Waals surface area (Å²) in [6, 6.07) is 8.12. The van der Waals surface area contributed by atoms with Crippen molar-refractivity contribution in [3.8, 4) is 35.2 Å². The van der Waals surface area contributed by atoms with Gasteiger partial charge in [-0.2, -0.15) is 9.97 Å². The smallest absolute Gasteiger partial charge is 0.319 e. The Morgan fingerprint density at radius 1 is 1.15 bits per heavy atom. The maximum absolute atomic E-state index is 15.0. The second-order valence-corrected chi connectivity index (χ2v) is 13.6. The van der Waals surface area contributed by atoms with Gasteiger partial charge in [-0.1, -0.05) is 12.0 Å². The number of imidazole rings is 1. The minimum atomic E-state index is -0.870. The van der Waals surface area contributed by atoms with Crippen LogP contribution in [0.4, 0.5) is 14.6 Å². The van der Waals surface area contributed by atoms with Crippen molar-refractivity contribution in [2.45, 2.75) is 55.8 Å². The summed E-state index contributed by atoms with van der Waals surface area (Å²) in [4.78, 5) is 19.0. The monoisotopic (exact) mass is 637 g/mol. The van der Waals surface area contributed by atoms with Crippen molar-refractivity contribution in [2.24, 2.45) is 0 Å². The van der Waals surface area contributed by atoms with E-state index >= 15 is 4.39 Å². The summed E-state index contributed by atoms with van der Waals surface area (Å²) >= 11 is 0. The zero-order valence-corrected chi connectivity index (χ0v) is 26.6. The minimum Gasteiger partial charge on any atom is -0.508 e. The van der Waals surface area contributed by atoms with E-state index in [4.69, 9.17) is 26.1 Å². The molecule has 2 aromatic carbocycles. The Balaban J connectivity index is 1.30. The number of nitrogens with one attached hydrogen (secondary N) is 1. The summed E-state index contributed by atoms with van der Waals surface area (Å²) in [6.07, 6.45) is 14.1. The van der Waals surface area contributed by atoms with E-state index in [1.54, 1.807) is 24.4 Å². The van der Waals surface area contributed by atoms with Gasteiger partial charge in [-0.25, -0.2) is 13.8 Å². The highest BCUT2D eigenvalue weighted by Crippen LogP contribution is 2.42. The van der Waals surface area contributed by atoms with Crippen LogP contribution >= 0.6 is 0 Å². The molecule has 9 nitrogen and oxygen atoms in total. The third-order valence-corrected chi connectivity index (χ3v) is 10.8. The molecular formula is C36H37F2N7O2. The molecule has 0 spiro atoms. The molecule has 8 rings (SSSR count). The fourth-order valence-electron chi connectivity index (χ4n) is 8.10. The number of aromatic hydroxyl groups is 1. The van der Waals surface area contributed by atoms with Crippen molar-refractivity contribution in [3.63, 3.8) is 0 Å². The van der Waals surface area contributed by atoms with Crippen LogP contribution in [-0.4, -0.2) is 91.8 Å². The van der Waals surface area contributed by atoms with Gasteiger partial charge in [-0.05, 0) is 88.0 Å². The van der Waals surface area contributed by atoms with Crippen molar-refractivity contribution >= 4 is 33.3 Å². The summed E-state index contributed by atoms with van der Waals surface area (Å²) in [5, 5.41) is 15.5. The molecule has 0 radical (unpaired) electrons. The van der Waals surface area contributed by atoms with E-state index in [1.165, 1.54) is 12.5 Å². The van der Waals surface area contributed by atoms with E-state index in [-0.39, 0.29) is 28.4 Å². The van der Waals surface area contributed by atoms with Crippen LogP contribution in [0.15, 0.2) is 42.7 Å². The first-order valence-corrected chi connectivity index (χ1v) is 16.2. The van der Waals surface area contributed by atoms with E-state index in [0.717, 1.165) is 32.2 Å². The number of hydrogen-bond acceptors (Lipinski definition) is 8. The Kier molecular flexibility index (Phi) is 7.00. The molecular weight excluding hydrogens is 600 g/mol. The van der Waals surface area contributed by atoms with Crippen LogP contribution in [0, 0.1) is 18.2 Å². The number of fused-ring (bicyclic) bond motifs is 5. The van der Waals surface area contributed by atoms with Crippen LogP contribution in [0.2, 0.25) is 0 Å². The van der Waals surface area contributed by atoms with Gasteiger partial charge in [-0.15, -0.1) is 6.42 Å². The average molecular weight is 638 g/mol. The van der Waals surface area contributed by atoms with Gasteiger partial charge in [0.25, 0.3) is 0 Å². The third kappa shape index (κ3) is 4.76. The van der Waals surface area contributed by atoms with Crippen LogP contribution < -0.4 is 10.1 Å². The fourth-order valence-corrected chi connectivity index (χ4v) is 8.10. The SMILES string of the molecule is C#Cc1c(F)ccc2cc(O)cc(-c3cc4nc(OC[C@@]56CCCN5C[C@H](F)C6)nc(NCC5(N(C)C)CCC5)c4n4ccnc34)c12. The molecule has 3 fully saturated rings. The summed E-state index contributed by atoms with van der Waals surface area (Å²) in [5.74, 6) is 2.59. The van der Waals surface area contributed by atoms with Gasteiger partial charge in [0.1, 0.15) is 35.5 Å². The van der Waals surface area contributed by atoms with Crippen LogP contribution in [-0.2, 0) is 0 Å². The number of likely N-dealkylation sites (N-methyl/N-ethyl adjacent to an activating group) is 1. The number of anilines is 1. The van der Waals surface area contributed by atoms with Crippen molar-refractivity contribution in [2.75, 3.05) is 45.7 Å². The second kappa shape index (κ2) is 11.0. The van der Waals surface area contributed by atoms with Gasteiger partial charge in [0.2, 0.25) is 0 Å². The lowest BCUT2D eigenvalue weighted by atomic mass is 9.75. The van der Waals surface area contributed by atoms with Crippen molar-refractivity contribution in [3.05, 3.63) is 54.1 Å². The van der Waals surface area contributed by atoms with E-state index in [0.29, 0.717) is 70.5 Å². The molecule has 47 heavy (non-hydrogen) atoms. The van der Waals surface area contributed by atoms with Gasteiger partial charge in [0.15, 0.2) is 5.82 Å². The first kappa shape index (κ1) is 29.8. The molecule has 242 valence electrons. The summed E-state index contributed by atoms with van der Waals surface area (Å²) in [6.45, 7) is 2.26.